The van der Waals surface area contributed by atoms with E-state index in [1.165, 1.54) is 4.68 Å². The quantitative estimate of drug-likeness (QED) is 0.769. The molecule has 0 aromatic carbocycles. The average Bonchev–Trinajstić information content (AvgIpc) is 2.85. The number of sulfone groups is 1. The van der Waals surface area contributed by atoms with E-state index < -0.39 is 9.84 Å². The Morgan fingerprint density at radius 2 is 1.92 bits per heavy atom. The number of nitrogens with two attached hydrogens (primary N) is 1. The summed E-state index contributed by atoms with van der Waals surface area (Å²) in [5, 5.41) is 7.26. The molecule has 8 nitrogen and oxygen atoms in total. The van der Waals surface area contributed by atoms with Gasteiger partial charge >= 0.3 is 0 Å². The molecule has 1 amide bonds. The normalized spacial score (nSPS) is 22.8. The number of hydrogen-bond acceptors (Lipinski definition) is 6. The molecular weight excluding hydrogens is 342 g/mol. The number of amides is 1. The van der Waals surface area contributed by atoms with Crippen molar-refractivity contribution >= 4 is 21.6 Å². The van der Waals surface area contributed by atoms with Crippen molar-refractivity contribution in [1.82, 2.24) is 20.0 Å². The molecule has 2 aliphatic rings. The van der Waals surface area contributed by atoms with Gasteiger partial charge < -0.3 is 16.0 Å². The summed E-state index contributed by atoms with van der Waals surface area (Å²) >= 11 is 0. The number of rotatable bonds is 4. The Kier molecular flexibility index (Phi) is 5.33. The van der Waals surface area contributed by atoms with Gasteiger partial charge in [-0.2, -0.15) is 5.10 Å². The minimum atomic E-state index is -2.81. The third-order valence-electron chi connectivity index (χ3n) is 5.16. The zero-order chi connectivity index (χ0) is 18.0. The van der Waals surface area contributed by atoms with E-state index in [0.29, 0.717) is 23.4 Å². The van der Waals surface area contributed by atoms with Crippen LogP contribution < -0.4 is 11.1 Å². The van der Waals surface area contributed by atoms with Crippen molar-refractivity contribution in [2.75, 3.05) is 30.3 Å². The summed E-state index contributed by atoms with van der Waals surface area (Å²) in [6.45, 7) is 3.79. The first-order valence-electron chi connectivity index (χ1n) is 8.86. The van der Waals surface area contributed by atoms with Gasteiger partial charge in [-0.25, -0.2) is 13.1 Å². The molecule has 3 N–H and O–H groups in total. The molecule has 0 aliphatic carbocycles. The molecule has 25 heavy (non-hydrogen) atoms. The van der Waals surface area contributed by atoms with Crippen LogP contribution in [0.2, 0.25) is 0 Å². The molecule has 0 bridgehead atoms. The van der Waals surface area contributed by atoms with Crippen LogP contribution in [0.5, 0.6) is 0 Å². The Morgan fingerprint density at radius 1 is 1.28 bits per heavy atom. The van der Waals surface area contributed by atoms with Gasteiger partial charge in [-0.15, -0.1) is 0 Å². The van der Waals surface area contributed by atoms with Gasteiger partial charge in [0.05, 0.1) is 17.2 Å². The predicted molar refractivity (Wildman–Crippen MR) is 95.8 cm³/mol. The van der Waals surface area contributed by atoms with Crippen molar-refractivity contribution in [3.63, 3.8) is 0 Å². The van der Waals surface area contributed by atoms with E-state index in [0.717, 1.165) is 44.5 Å². The molecule has 3 rings (SSSR count). The number of nitrogens with zero attached hydrogens (tertiary/aromatic N) is 3. The smallest absolute Gasteiger partial charge is 0.242 e. The molecule has 140 valence electrons. The Bertz CT molecular complexity index is 708. The van der Waals surface area contributed by atoms with Crippen LogP contribution in [0, 0.1) is 6.92 Å². The largest absolute Gasteiger partial charge is 0.384 e. The minimum absolute atomic E-state index is 0.0722. The number of nitrogens with one attached hydrogen (secondary N) is 1. The highest BCUT2D eigenvalue weighted by Crippen LogP contribution is 2.22. The number of anilines is 1. The summed E-state index contributed by atoms with van der Waals surface area (Å²) in [6.07, 6.45) is 3.25. The second-order valence-corrected chi connectivity index (χ2v) is 9.43. The molecule has 9 heteroatoms. The first-order chi connectivity index (χ1) is 11.8. The van der Waals surface area contributed by atoms with E-state index >= 15 is 0 Å². The van der Waals surface area contributed by atoms with E-state index in [-0.39, 0.29) is 18.5 Å². The Balaban J connectivity index is 1.43. The van der Waals surface area contributed by atoms with Crippen LogP contribution in [0.4, 0.5) is 5.82 Å². The van der Waals surface area contributed by atoms with E-state index in [4.69, 9.17) is 5.73 Å². The van der Waals surface area contributed by atoms with Gasteiger partial charge in [-0.05, 0) is 32.6 Å². The van der Waals surface area contributed by atoms with Crippen molar-refractivity contribution in [3.05, 3.63) is 11.8 Å². The van der Waals surface area contributed by atoms with Crippen LogP contribution in [0.3, 0.4) is 0 Å². The monoisotopic (exact) mass is 369 g/mol. The topological polar surface area (TPSA) is 110 Å². The van der Waals surface area contributed by atoms with Gasteiger partial charge in [0.25, 0.3) is 0 Å². The van der Waals surface area contributed by atoms with Crippen LogP contribution in [-0.2, 0) is 21.2 Å². The van der Waals surface area contributed by atoms with Crippen LogP contribution in [0.1, 0.15) is 31.4 Å². The lowest BCUT2D eigenvalue weighted by atomic mass is 10.0. The summed E-state index contributed by atoms with van der Waals surface area (Å²) in [5.74, 6) is 1.03. The number of aromatic nitrogens is 2. The number of carbonyl (C=O) groups is 1. The maximum absolute atomic E-state index is 12.2. The third-order valence-corrected chi connectivity index (χ3v) is 6.88. The average molecular weight is 369 g/mol. The molecule has 3 heterocycles. The predicted octanol–water partition coefficient (Wildman–Crippen LogP) is -0.0685. The number of carbonyl (C=O) groups excluding carboxylic acids is 1. The molecular formula is C16H27N5O3S. The minimum Gasteiger partial charge on any atom is -0.384 e. The number of likely N-dealkylation sites (tertiary alicyclic amines) is 1. The van der Waals surface area contributed by atoms with E-state index in [2.05, 4.69) is 15.3 Å². The molecule has 2 fully saturated rings. The molecule has 0 radical (unpaired) electrons. The first-order valence-corrected chi connectivity index (χ1v) is 10.7. The molecule has 0 spiro atoms. The second-order valence-electron chi connectivity index (χ2n) is 7.13. The van der Waals surface area contributed by atoms with E-state index in [1.54, 1.807) is 6.07 Å². The SMILES string of the molecule is Cc1cc(N)n(CC(=O)NC2CCN(C3CCS(=O)(=O)CC3)CC2)n1. The lowest BCUT2D eigenvalue weighted by molar-refractivity contribution is -0.122. The fourth-order valence-corrected chi connectivity index (χ4v) is 5.22. The van der Waals surface area contributed by atoms with Crippen molar-refractivity contribution in [1.29, 1.82) is 0 Å². The van der Waals surface area contributed by atoms with Gasteiger partial charge in [-0.3, -0.25) is 4.79 Å². The van der Waals surface area contributed by atoms with Gasteiger partial charge in [0.15, 0.2) is 0 Å². The maximum atomic E-state index is 12.2. The highest BCUT2D eigenvalue weighted by molar-refractivity contribution is 7.91. The van der Waals surface area contributed by atoms with E-state index in [9.17, 15) is 13.2 Å². The van der Waals surface area contributed by atoms with Crippen LogP contribution in [-0.4, -0.2) is 65.7 Å². The summed E-state index contributed by atoms with van der Waals surface area (Å²) < 4.78 is 24.6. The summed E-state index contributed by atoms with van der Waals surface area (Å²) in [6, 6.07) is 2.27. The van der Waals surface area contributed by atoms with Gasteiger partial charge in [-0.1, -0.05) is 0 Å². The van der Waals surface area contributed by atoms with Gasteiger partial charge in [0, 0.05) is 31.2 Å². The van der Waals surface area contributed by atoms with Gasteiger partial charge in [0.1, 0.15) is 22.2 Å². The fourth-order valence-electron chi connectivity index (χ4n) is 3.75. The van der Waals surface area contributed by atoms with Crippen molar-refractivity contribution in [2.24, 2.45) is 0 Å². The molecule has 0 unspecified atom stereocenters. The van der Waals surface area contributed by atoms with E-state index in [1.807, 2.05) is 6.92 Å². The standard InChI is InChI=1S/C16H27N5O3S/c1-12-10-15(17)21(19-12)11-16(22)18-13-2-6-20(7-3-13)14-4-8-25(23,24)9-5-14/h10,13-14H,2-9,11,17H2,1H3,(H,18,22). The second kappa shape index (κ2) is 7.33. The van der Waals surface area contributed by atoms with Gasteiger partial charge in [0.2, 0.25) is 5.91 Å². The Morgan fingerprint density at radius 3 is 2.48 bits per heavy atom. The maximum Gasteiger partial charge on any atom is 0.242 e. The highest BCUT2D eigenvalue weighted by Gasteiger charge is 2.30. The highest BCUT2D eigenvalue weighted by atomic mass is 32.2. The van der Waals surface area contributed by atoms with Crippen molar-refractivity contribution in [2.45, 2.75) is 51.2 Å². The Hall–Kier alpha value is -1.61. The molecule has 1 aromatic heterocycles. The Labute approximate surface area is 148 Å². The molecule has 0 atom stereocenters. The molecule has 0 saturated carbocycles. The summed E-state index contributed by atoms with van der Waals surface area (Å²) in [7, 11) is -2.81. The van der Waals surface area contributed by atoms with Crippen LogP contribution in [0.25, 0.3) is 0 Å². The number of piperidine rings is 1. The zero-order valence-corrected chi connectivity index (χ0v) is 15.5. The van der Waals surface area contributed by atoms with Crippen LogP contribution >= 0.6 is 0 Å². The first kappa shape index (κ1) is 18.2. The molecule has 1 aromatic rings. The third kappa shape index (κ3) is 4.72. The summed E-state index contributed by atoms with van der Waals surface area (Å²) in [5.41, 5.74) is 6.61. The molecule has 2 aliphatic heterocycles. The van der Waals surface area contributed by atoms with Crippen molar-refractivity contribution in [3.8, 4) is 0 Å². The number of nitrogen functional groups attached to an aromatic ring is 1. The molecule has 2 saturated heterocycles. The lowest BCUT2D eigenvalue weighted by Crippen LogP contribution is -2.50. The fraction of sp³-hybridized carbons (Fsp3) is 0.750. The lowest BCUT2D eigenvalue weighted by Gasteiger charge is -2.39. The number of hydrogen-bond donors (Lipinski definition) is 2. The van der Waals surface area contributed by atoms with Crippen LogP contribution in [0.15, 0.2) is 6.07 Å². The summed E-state index contributed by atoms with van der Waals surface area (Å²) in [4.78, 5) is 14.6. The van der Waals surface area contributed by atoms with Crippen molar-refractivity contribution < 1.29 is 13.2 Å². The zero-order valence-electron chi connectivity index (χ0n) is 14.6. The number of aryl methyl sites for hydroxylation is 1.